The van der Waals surface area contributed by atoms with Crippen molar-refractivity contribution in [1.29, 1.82) is 5.41 Å². The van der Waals surface area contributed by atoms with Crippen LogP contribution in [-0.4, -0.2) is 22.8 Å². The molecule has 0 radical (unpaired) electrons. The minimum atomic E-state index is -0.237. The molecule has 6 heteroatoms. The molecule has 0 spiro atoms. The summed E-state index contributed by atoms with van der Waals surface area (Å²) in [6.45, 7) is 0. The molecule has 0 fully saturated rings. The highest BCUT2D eigenvalue weighted by atomic mass is 16.1. The first-order valence-corrected chi connectivity index (χ1v) is 3.26. The summed E-state index contributed by atoms with van der Waals surface area (Å²) in [6, 6.07) is 1.31. The highest BCUT2D eigenvalue weighted by Crippen LogP contribution is 1.97. The van der Waals surface area contributed by atoms with Crippen LogP contribution in [0.3, 0.4) is 0 Å². The predicted molar refractivity (Wildman–Crippen MR) is 45.4 cm³/mol. The average molecular weight is 167 g/mol. The smallest absolute Gasteiger partial charge is 0.215 e. The first-order valence-electron chi connectivity index (χ1n) is 3.26. The zero-order chi connectivity index (χ0) is 9.14. The van der Waals surface area contributed by atoms with Crippen LogP contribution < -0.4 is 16.5 Å². The van der Waals surface area contributed by atoms with Crippen molar-refractivity contribution < 1.29 is 0 Å². The van der Waals surface area contributed by atoms with E-state index in [0.717, 1.165) is 10.9 Å². The maximum atomic E-state index is 10.8. The van der Waals surface area contributed by atoms with Gasteiger partial charge in [-0.15, -0.1) is 0 Å². The van der Waals surface area contributed by atoms with Gasteiger partial charge in [-0.25, -0.2) is 0 Å². The van der Waals surface area contributed by atoms with Gasteiger partial charge in [-0.1, -0.05) is 0 Å². The van der Waals surface area contributed by atoms with Gasteiger partial charge in [-0.3, -0.25) is 10.2 Å². The second-order valence-corrected chi connectivity index (χ2v) is 2.12. The molecule has 0 atom stereocenters. The Labute approximate surface area is 68.5 Å². The molecule has 0 saturated heterocycles. The fourth-order valence-electron chi connectivity index (χ4n) is 0.780. The first kappa shape index (κ1) is 8.25. The number of nitrogens with zero attached hydrogens (tertiary/aromatic N) is 2. The van der Waals surface area contributed by atoms with Gasteiger partial charge in [0, 0.05) is 13.1 Å². The lowest BCUT2D eigenvalue weighted by Crippen LogP contribution is -2.27. The quantitative estimate of drug-likeness (QED) is 0.370. The Morgan fingerprint density at radius 1 is 1.83 bits per heavy atom. The van der Waals surface area contributed by atoms with Gasteiger partial charge in [-0.05, 0) is 0 Å². The van der Waals surface area contributed by atoms with E-state index >= 15 is 0 Å². The highest BCUT2D eigenvalue weighted by Gasteiger charge is 2.01. The molecule has 0 aliphatic heterocycles. The lowest BCUT2D eigenvalue weighted by Gasteiger charge is -2.07. The van der Waals surface area contributed by atoms with Gasteiger partial charge in [0.15, 0.2) is 0 Å². The number of hydrogen-bond donors (Lipinski definition) is 3. The third-order valence-electron chi connectivity index (χ3n) is 1.29. The largest absolute Gasteiger partial charge is 0.373 e. The van der Waals surface area contributed by atoms with E-state index in [9.17, 15) is 4.79 Å². The minimum absolute atomic E-state index is 0.225. The SMILES string of the molecule is CNc1cc(=O)cnn1C(=N)N. The minimum Gasteiger partial charge on any atom is -0.373 e. The van der Waals surface area contributed by atoms with Crippen LogP contribution in [0, 0.1) is 5.41 Å². The van der Waals surface area contributed by atoms with Crippen LogP contribution in [0.1, 0.15) is 0 Å². The molecule has 12 heavy (non-hydrogen) atoms. The van der Waals surface area contributed by atoms with Crippen molar-refractivity contribution in [3.05, 3.63) is 22.5 Å². The maximum Gasteiger partial charge on any atom is 0.215 e. The first-order chi connectivity index (χ1) is 5.65. The summed E-state index contributed by atoms with van der Waals surface area (Å²) in [6.07, 6.45) is 1.10. The summed E-state index contributed by atoms with van der Waals surface area (Å²) in [5.41, 5.74) is 4.96. The summed E-state index contributed by atoms with van der Waals surface area (Å²) >= 11 is 0. The Balaban J connectivity index is 3.29. The van der Waals surface area contributed by atoms with Crippen LogP contribution in [0.15, 0.2) is 17.1 Å². The van der Waals surface area contributed by atoms with E-state index in [4.69, 9.17) is 11.1 Å². The van der Waals surface area contributed by atoms with E-state index in [2.05, 4.69) is 10.4 Å². The van der Waals surface area contributed by atoms with Crippen molar-refractivity contribution in [2.24, 2.45) is 5.73 Å². The standard InChI is InChI=1S/C6H9N5O/c1-9-5-2-4(12)3-10-11(5)6(7)8/h2-3,9H,1H3,(H3,7,8). The third kappa shape index (κ3) is 1.42. The summed E-state index contributed by atoms with van der Waals surface area (Å²) in [4.78, 5) is 10.8. The van der Waals surface area contributed by atoms with Crippen molar-refractivity contribution in [3.63, 3.8) is 0 Å². The Morgan fingerprint density at radius 3 is 3.00 bits per heavy atom. The van der Waals surface area contributed by atoms with E-state index in [1.165, 1.54) is 6.07 Å². The molecule has 6 nitrogen and oxygen atoms in total. The number of nitrogens with two attached hydrogens (primary N) is 1. The van der Waals surface area contributed by atoms with Crippen molar-refractivity contribution in [1.82, 2.24) is 9.78 Å². The summed E-state index contributed by atoms with van der Waals surface area (Å²) in [5.74, 6) is 0.161. The molecule has 1 heterocycles. The molecule has 0 bridgehead atoms. The maximum absolute atomic E-state index is 10.8. The van der Waals surface area contributed by atoms with Crippen LogP contribution in [0.4, 0.5) is 5.82 Å². The van der Waals surface area contributed by atoms with Gasteiger partial charge >= 0.3 is 0 Å². The Morgan fingerprint density at radius 2 is 2.50 bits per heavy atom. The zero-order valence-electron chi connectivity index (χ0n) is 6.53. The number of rotatable bonds is 1. The predicted octanol–water partition coefficient (Wildman–Crippen LogP) is -0.973. The number of anilines is 1. The normalized spacial score (nSPS) is 9.42. The van der Waals surface area contributed by atoms with Crippen molar-refractivity contribution >= 4 is 11.8 Å². The number of aromatic nitrogens is 2. The Bertz CT molecular complexity index is 355. The molecule has 0 aliphatic carbocycles. The van der Waals surface area contributed by atoms with E-state index in [1.807, 2.05) is 0 Å². The van der Waals surface area contributed by atoms with Crippen LogP contribution in [0.2, 0.25) is 0 Å². The molecule has 0 aliphatic rings. The Hall–Kier alpha value is -1.85. The summed E-state index contributed by atoms with van der Waals surface area (Å²) in [5, 5.41) is 13.4. The van der Waals surface area contributed by atoms with Crippen LogP contribution in [0.25, 0.3) is 0 Å². The molecule has 64 valence electrons. The number of nitrogens with one attached hydrogen (secondary N) is 2. The van der Waals surface area contributed by atoms with Gasteiger partial charge in [0.1, 0.15) is 5.82 Å². The molecule has 0 aromatic carbocycles. The number of nitrogen functional groups attached to an aromatic ring is 1. The van der Waals surface area contributed by atoms with E-state index < -0.39 is 0 Å². The van der Waals surface area contributed by atoms with Crippen LogP contribution >= 0.6 is 0 Å². The Kier molecular flexibility index (Phi) is 2.09. The number of hydrogen-bond acceptors (Lipinski definition) is 4. The van der Waals surface area contributed by atoms with Gasteiger partial charge in [0.2, 0.25) is 11.4 Å². The molecule has 4 N–H and O–H groups in total. The lowest BCUT2D eigenvalue weighted by atomic mass is 10.5. The summed E-state index contributed by atoms with van der Waals surface area (Å²) in [7, 11) is 1.62. The van der Waals surface area contributed by atoms with Gasteiger partial charge in [0.25, 0.3) is 0 Å². The zero-order valence-corrected chi connectivity index (χ0v) is 6.53. The fourth-order valence-corrected chi connectivity index (χ4v) is 0.780. The monoisotopic (exact) mass is 167 g/mol. The van der Waals surface area contributed by atoms with Gasteiger partial charge in [-0.2, -0.15) is 9.78 Å². The molecule has 0 saturated carbocycles. The average Bonchev–Trinajstić information content (AvgIpc) is 2.03. The van der Waals surface area contributed by atoms with Crippen molar-refractivity contribution in [2.75, 3.05) is 12.4 Å². The molecule has 1 rings (SSSR count). The van der Waals surface area contributed by atoms with Crippen LogP contribution in [0.5, 0.6) is 0 Å². The van der Waals surface area contributed by atoms with Gasteiger partial charge in [0.05, 0.1) is 6.20 Å². The van der Waals surface area contributed by atoms with Crippen molar-refractivity contribution in [2.45, 2.75) is 0 Å². The molecule has 0 amide bonds. The topological polar surface area (TPSA) is 96.8 Å². The van der Waals surface area contributed by atoms with Crippen molar-refractivity contribution in [3.8, 4) is 0 Å². The second kappa shape index (κ2) is 3.04. The van der Waals surface area contributed by atoms with E-state index in [1.54, 1.807) is 7.05 Å². The van der Waals surface area contributed by atoms with E-state index in [0.29, 0.717) is 5.82 Å². The molecule has 1 aromatic heterocycles. The highest BCUT2D eigenvalue weighted by molar-refractivity contribution is 5.79. The molecular weight excluding hydrogens is 158 g/mol. The second-order valence-electron chi connectivity index (χ2n) is 2.12. The summed E-state index contributed by atoms with van der Waals surface area (Å²) < 4.78 is 1.13. The molecular formula is C6H9N5O. The van der Waals surface area contributed by atoms with E-state index in [-0.39, 0.29) is 11.4 Å². The fraction of sp³-hybridized carbons (Fsp3) is 0.167. The third-order valence-corrected chi connectivity index (χ3v) is 1.29. The lowest BCUT2D eigenvalue weighted by molar-refractivity contribution is 0.871. The van der Waals surface area contributed by atoms with Crippen LogP contribution in [-0.2, 0) is 0 Å². The van der Waals surface area contributed by atoms with Gasteiger partial charge < -0.3 is 11.1 Å². The molecule has 0 unspecified atom stereocenters. The molecule has 1 aromatic rings.